The van der Waals surface area contributed by atoms with Crippen molar-refractivity contribution in [1.29, 1.82) is 0 Å². The molecular weight excluding hydrogens is 222 g/mol. The zero-order valence-corrected chi connectivity index (χ0v) is 10.0. The van der Waals surface area contributed by atoms with Gasteiger partial charge >= 0.3 is 0 Å². The predicted molar refractivity (Wildman–Crippen MR) is 62.7 cm³/mol. The fraction of sp³-hybridized carbons (Fsp3) is 0.308. The Morgan fingerprint density at radius 1 is 1.24 bits per heavy atom. The van der Waals surface area contributed by atoms with Gasteiger partial charge in [-0.2, -0.15) is 5.10 Å². The van der Waals surface area contributed by atoms with Crippen molar-refractivity contribution >= 4 is 0 Å². The Hall–Kier alpha value is -1.71. The molecule has 0 unspecified atom stereocenters. The first kappa shape index (κ1) is 11.8. The van der Waals surface area contributed by atoms with E-state index >= 15 is 0 Å². The number of aromatic nitrogens is 2. The summed E-state index contributed by atoms with van der Waals surface area (Å²) >= 11 is 0. The van der Waals surface area contributed by atoms with Crippen LogP contribution in [0.2, 0.25) is 0 Å². The maximum absolute atomic E-state index is 13.6. The van der Waals surface area contributed by atoms with Crippen molar-refractivity contribution in [2.45, 2.75) is 26.8 Å². The van der Waals surface area contributed by atoms with E-state index in [1.54, 1.807) is 4.68 Å². The Bertz CT molecular complexity index is 544. The number of rotatable bonds is 2. The average Bonchev–Trinajstić information content (AvgIpc) is 2.64. The molecule has 0 aliphatic heterocycles. The molecule has 0 saturated heterocycles. The largest absolute Gasteiger partial charge is 0.269 e. The summed E-state index contributed by atoms with van der Waals surface area (Å²) in [6, 6.07) is 3.60. The van der Waals surface area contributed by atoms with Gasteiger partial charge in [0.05, 0.1) is 5.69 Å². The van der Waals surface area contributed by atoms with Gasteiger partial charge in [0.25, 0.3) is 0 Å². The molecule has 0 aliphatic rings. The van der Waals surface area contributed by atoms with Crippen LogP contribution in [-0.4, -0.2) is 9.78 Å². The molecule has 4 heteroatoms. The van der Waals surface area contributed by atoms with Crippen molar-refractivity contribution in [1.82, 2.24) is 9.78 Å². The van der Waals surface area contributed by atoms with Crippen LogP contribution in [0.3, 0.4) is 0 Å². The molecule has 17 heavy (non-hydrogen) atoms. The normalized spacial score (nSPS) is 11.2. The number of benzene rings is 1. The lowest BCUT2D eigenvalue weighted by atomic mass is 10.1. The van der Waals surface area contributed by atoms with Crippen molar-refractivity contribution in [3.63, 3.8) is 0 Å². The van der Waals surface area contributed by atoms with Gasteiger partial charge in [0.1, 0.15) is 11.6 Å². The fourth-order valence-corrected chi connectivity index (χ4v) is 1.69. The van der Waals surface area contributed by atoms with E-state index < -0.39 is 11.6 Å². The molecule has 0 N–H and O–H groups in total. The Balaban J connectivity index is 2.56. The van der Waals surface area contributed by atoms with E-state index in [4.69, 9.17) is 0 Å². The van der Waals surface area contributed by atoms with Gasteiger partial charge in [0.15, 0.2) is 0 Å². The number of aryl methyl sites for hydroxylation is 1. The molecule has 1 aromatic heterocycles. The molecule has 2 aromatic rings. The van der Waals surface area contributed by atoms with Crippen LogP contribution in [0.5, 0.6) is 0 Å². The smallest absolute Gasteiger partial charge is 0.132 e. The lowest BCUT2D eigenvalue weighted by Gasteiger charge is -2.04. The van der Waals surface area contributed by atoms with E-state index in [-0.39, 0.29) is 11.6 Å². The van der Waals surface area contributed by atoms with Crippen molar-refractivity contribution in [3.8, 4) is 11.3 Å². The molecule has 0 radical (unpaired) electrons. The van der Waals surface area contributed by atoms with Gasteiger partial charge in [-0.15, -0.1) is 0 Å². The highest BCUT2D eigenvalue weighted by molar-refractivity contribution is 5.63. The van der Waals surface area contributed by atoms with Crippen LogP contribution in [0, 0.1) is 18.6 Å². The maximum atomic E-state index is 13.6. The first-order chi connectivity index (χ1) is 7.99. The summed E-state index contributed by atoms with van der Waals surface area (Å²) in [6.45, 7) is 5.81. The Morgan fingerprint density at radius 3 is 2.53 bits per heavy atom. The molecule has 2 nitrogen and oxygen atoms in total. The predicted octanol–water partition coefficient (Wildman–Crippen LogP) is 3.72. The van der Waals surface area contributed by atoms with Crippen LogP contribution in [0.1, 0.15) is 25.5 Å². The summed E-state index contributed by atoms with van der Waals surface area (Å²) in [5.74, 6) is -0.914. The highest BCUT2D eigenvalue weighted by Gasteiger charge is 2.14. The minimum Gasteiger partial charge on any atom is -0.269 e. The van der Waals surface area contributed by atoms with Crippen LogP contribution in [0.25, 0.3) is 11.3 Å². The Labute approximate surface area is 98.9 Å². The molecule has 90 valence electrons. The Kier molecular flexibility index (Phi) is 2.96. The molecule has 0 bridgehead atoms. The van der Waals surface area contributed by atoms with E-state index in [1.807, 2.05) is 27.0 Å². The van der Waals surface area contributed by atoms with Gasteiger partial charge in [-0.05, 0) is 44.5 Å². The monoisotopic (exact) mass is 236 g/mol. The first-order valence-corrected chi connectivity index (χ1v) is 5.50. The Morgan fingerprint density at radius 2 is 1.94 bits per heavy atom. The molecule has 2 rings (SSSR count). The molecule has 0 aliphatic carbocycles. The van der Waals surface area contributed by atoms with Crippen molar-refractivity contribution in [2.24, 2.45) is 0 Å². The summed E-state index contributed by atoms with van der Waals surface area (Å²) in [5.41, 5.74) is 1.54. The molecule has 0 fully saturated rings. The van der Waals surface area contributed by atoms with Crippen LogP contribution >= 0.6 is 0 Å². The van der Waals surface area contributed by atoms with Crippen LogP contribution in [0.4, 0.5) is 8.78 Å². The van der Waals surface area contributed by atoms with Crippen LogP contribution in [0.15, 0.2) is 24.4 Å². The standard InChI is InChI=1S/C13H14F2N2/c1-8(2)17-7-9(3)13(16-17)11-6-10(14)4-5-12(11)15/h4-8H,1-3H3. The topological polar surface area (TPSA) is 17.8 Å². The number of nitrogens with zero attached hydrogens (tertiary/aromatic N) is 2. The molecule has 0 atom stereocenters. The van der Waals surface area contributed by atoms with Gasteiger partial charge < -0.3 is 0 Å². The lowest BCUT2D eigenvalue weighted by molar-refractivity contribution is 0.532. The zero-order valence-electron chi connectivity index (χ0n) is 10.0. The molecule has 1 heterocycles. The van der Waals surface area contributed by atoms with Crippen molar-refractivity contribution < 1.29 is 8.78 Å². The molecule has 0 saturated carbocycles. The van der Waals surface area contributed by atoms with Gasteiger partial charge in [0, 0.05) is 17.8 Å². The van der Waals surface area contributed by atoms with Crippen molar-refractivity contribution in [2.75, 3.05) is 0 Å². The third-order valence-corrected chi connectivity index (χ3v) is 2.63. The third-order valence-electron chi connectivity index (χ3n) is 2.63. The van der Waals surface area contributed by atoms with E-state index in [2.05, 4.69) is 5.10 Å². The second-order valence-corrected chi connectivity index (χ2v) is 4.36. The molecule has 0 spiro atoms. The fourth-order valence-electron chi connectivity index (χ4n) is 1.69. The second kappa shape index (κ2) is 4.28. The number of halogens is 2. The van der Waals surface area contributed by atoms with Crippen LogP contribution in [-0.2, 0) is 0 Å². The van der Waals surface area contributed by atoms with Gasteiger partial charge in [-0.25, -0.2) is 8.78 Å². The lowest BCUT2D eigenvalue weighted by Crippen LogP contribution is -2.01. The van der Waals surface area contributed by atoms with Crippen LogP contribution < -0.4 is 0 Å². The minimum atomic E-state index is -0.458. The first-order valence-electron chi connectivity index (χ1n) is 5.50. The average molecular weight is 236 g/mol. The maximum Gasteiger partial charge on any atom is 0.132 e. The highest BCUT2D eigenvalue weighted by Crippen LogP contribution is 2.26. The van der Waals surface area contributed by atoms with E-state index in [0.29, 0.717) is 5.69 Å². The second-order valence-electron chi connectivity index (χ2n) is 4.36. The highest BCUT2D eigenvalue weighted by atomic mass is 19.1. The third kappa shape index (κ3) is 2.20. The molecular formula is C13H14F2N2. The minimum absolute atomic E-state index is 0.194. The summed E-state index contributed by atoms with van der Waals surface area (Å²) < 4.78 is 28.5. The summed E-state index contributed by atoms with van der Waals surface area (Å²) in [5, 5.41) is 4.29. The van der Waals surface area contributed by atoms with E-state index in [9.17, 15) is 8.78 Å². The van der Waals surface area contributed by atoms with Gasteiger partial charge in [-0.3, -0.25) is 4.68 Å². The quantitative estimate of drug-likeness (QED) is 0.777. The number of hydrogen-bond acceptors (Lipinski definition) is 1. The summed E-state index contributed by atoms with van der Waals surface area (Å²) in [4.78, 5) is 0. The van der Waals surface area contributed by atoms with Gasteiger partial charge in [0.2, 0.25) is 0 Å². The molecule has 0 amide bonds. The van der Waals surface area contributed by atoms with E-state index in [1.165, 1.54) is 6.07 Å². The van der Waals surface area contributed by atoms with Gasteiger partial charge in [-0.1, -0.05) is 0 Å². The summed E-state index contributed by atoms with van der Waals surface area (Å²) in [6.07, 6.45) is 1.84. The van der Waals surface area contributed by atoms with E-state index in [0.717, 1.165) is 17.7 Å². The zero-order chi connectivity index (χ0) is 12.6. The SMILES string of the molecule is Cc1cn(C(C)C)nc1-c1cc(F)ccc1F. The molecule has 1 aromatic carbocycles. The van der Waals surface area contributed by atoms with Crippen molar-refractivity contribution in [3.05, 3.63) is 41.6 Å². The number of hydrogen-bond donors (Lipinski definition) is 0. The summed E-state index contributed by atoms with van der Waals surface area (Å²) in [7, 11) is 0.